The SMILES string of the molecule is O=C(CCc1c(Cl)cccc1Cl)Nc1scc(-c2ccc(Br)cc2)c1C(=O)O.O=C(CCc1ccccc1Cl)Nc1scc(-c2ccc(Br)cc2)c1C(=O)O. The standard InChI is InChI=1S/C20H14BrCl2NO3S.C20H15BrClNO3S/c21-12-6-4-11(5-7-12)14-10-28-19(18(14)20(26)27)24-17(25)9-8-13-15(22)2-1-3-16(13)23;21-14-8-5-12(6-9-14)15-11-27-19(18(15)20(25)26)23-17(24)10-7-13-3-1-2-4-16(13)22/h1-7,10H,8-9H2,(H,24,25)(H,26,27);1-6,8-9,11H,7,10H2,(H,23,24)(H,25,26). The van der Waals surface area contributed by atoms with Gasteiger partial charge in [-0.2, -0.15) is 0 Å². The normalized spacial score (nSPS) is 10.6. The molecule has 6 aromatic rings. The molecule has 0 aliphatic heterocycles. The Balaban J connectivity index is 0.000000211. The smallest absolute Gasteiger partial charge is 0.339 e. The van der Waals surface area contributed by atoms with Crippen LogP contribution in [0.1, 0.15) is 44.7 Å². The molecule has 4 aromatic carbocycles. The molecule has 0 aliphatic rings. The molecule has 0 saturated heterocycles. The summed E-state index contributed by atoms with van der Waals surface area (Å²) in [5, 5.41) is 30.5. The van der Waals surface area contributed by atoms with Crippen molar-refractivity contribution < 1.29 is 29.4 Å². The second-order valence-electron chi connectivity index (χ2n) is 11.7. The van der Waals surface area contributed by atoms with Crippen molar-refractivity contribution in [2.75, 3.05) is 10.6 Å². The highest BCUT2D eigenvalue weighted by Gasteiger charge is 2.23. The Morgan fingerprint density at radius 2 is 0.982 bits per heavy atom. The summed E-state index contributed by atoms with van der Waals surface area (Å²) >= 11 is 27.5. The van der Waals surface area contributed by atoms with Gasteiger partial charge in [0, 0.05) is 58.7 Å². The second kappa shape index (κ2) is 19.7. The van der Waals surface area contributed by atoms with Crippen LogP contribution in [0.15, 0.2) is 111 Å². The Bertz CT molecular complexity index is 2330. The Labute approximate surface area is 356 Å². The molecule has 0 aliphatic carbocycles. The number of anilines is 2. The number of aromatic carboxylic acids is 2. The molecular weight excluding hydrogens is 935 g/mol. The Morgan fingerprint density at radius 1 is 0.564 bits per heavy atom. The minimum absolute atomic E-state index is 0.0800. The van der Waals surface area contributed by atoms with E-state index in [0.717, 1.165) is 25.6 Å². The Hall–Kier alpha value is -4.01. The van der Waals surface area contributed by atoms with Gasteiger partial charge in [0.05, 0.1) is 0 Å². The summed E-state index contributed by atoms with van der Waals surface area (Å²) in [7, 11) is 0. The molecule has 2 amide bonds. The van der Waals surface area contributed by atoms with Crippen molar-refractivity contribution in [2.45, 2.75) is 25.7 Å². The van der Waals surface area contributed by atoms with Crippen LogP contribution in [-0.2, 0) is 22.4 Å². The van der Waals surface area contributed by atoms with Crippen molar-refractivity contribution in [1.82, 2.24) is 0 Å². The predicted octanol–water partition coefficient (Wildman–Crippen LogP) is 12.9. The second-order valence-corrected chi connectivity index (χ2v) is 16.5. The van der Waals surface area contributed by atoms with Crippen molar-refractivity contribution >= 4 is 123 Å². The van der Waals surface area contributed by atoms with Crippen LogP contribution >= 0.6 is 89.3 Å². The van der Waals surface area contributed by atoms with Gasteiger partial charge in [-0.15, -0.1) is 22.7 Å². The van der Waals surface area contributed by atoms with Gasteiger partial charge in [-0.05, 0) is 77.6 Å². The summed E-state index contributed by atoms with van der Waals surface area (Å²) in [5.74, 6) is -2.72. The van der Waals surface area contributed by atoms with Crippen LogP contribution in [0.5, 0.6) is 0 Å². The first-order chi connectivity index (χ1) is 26.3. The number of rotatable bonds is 12. The number of aryl methyl sites for hydroxylation is 1. The first-order valence-corrected chi connectivity index (χ1v) is 20.8. The average molecular weight is 964 g/mol. The van der Waals surface area contributed by atoms with E-state index in [1.807, 2.05) is 66.7 Å². The highest BCUT2D eigenvalue weighted by atomic mass is 79.9. The monoisotopic (exact) mass is 960 g/mol. The molecule has 8 nitrogen and oxygen atoms in total. The van der Waals surface area contributed by atoms with E-state index in [4.69, 9.17) is 34.8 Å². The third-order valence-electron chi connectivity index (χ3n) is 8.07. The fourth-order valence-electron chi connectivity index (χ4n) is 5.35. The number of nitrogens with one attached hydrogen (secondary N) is 2. The molecule has 282 valence electrons. The van der Waals surface area contributed by atoms with E-state index in [0.29, 0.717) is 54.6 Å². The number of carboxylic acids is 2. The Morgan fingerprint density at radius 3 is 1.42 bits per heavy atom. The van der Waals surface area contributed by atoms with E-state index < -0.39 is 11.9 Å². The Kier molecular flexibility index (Phi) is 15.1. The molecule has 2 aromatic heterocycles. The van der Waals surface area contributed by atoms with Crippen LogP contribution in [0.3, 0.4) is 0 Å². The molecule has 0 atom stereocenters. The lowest BCUT2D eigenvalue weighted by Gasteiger charge is -2.08. The molecule has 0 radical (unpaired) electrons. The largest absolute Gasteiger partial charge is 0.478 e. The van der Waals surface area contributed by atoms with Crippen molar-refractivity contribution in [3.05, 3.63) is 148 Å². The number of carboxylic acid groups (broad SMARTS) is 2. The van der Waals surface area contributed by atoms with Crippen molar-refractivity contribution in [3.8, 4) is 22.3 Å². The number of hydrogen-bond acceptors (Lipinski definition) is 6. The maximum atomic E-state index is 12.4. The molecule has 0 saturated carbocycles. The maximum Gasteiger partial charge on any atom is 0.339 e. The van der Waals surface area contributed by atoms with Gasteiger partial charge in [-0.3, -0.25) is 9.59 Å². The minimum Gasteiger partial charge on any atom is -0.478 e. The van der Waals surface area contributed by atoms with Crippen molar-refractivity contribution in [1.29, 1.82) is 0 Å². The van der Waals surface area contributed by atoms with Crippen LogP contribution in [0.4, 0.5) is 10.0 Å². The third kappa shape index (κ3) is 11.3. The summed E-state index contributed by atoms with van der Waals surface area (Å²) < 4.78 is 1.81. The van der Waals surface area contributed by atoms with Crippen LogP contribution in [0.25, 0.3) is 22.3 Å². The van der Waals surface area contributed by atoms with Gasteiger partial charge in [0.2, 0.25) is 11.8 Å². The van der Waals surface area contributed by atoms with Gasteiger partial charge in [0.1, 0.15) is 21.1 Å². The molecule has 0 unspecified atom stereocenters. The number of amides is 2. The van der Waals surface area contributed by atoms with Gasteiger partial charge < -0.3 is 20.8 Å². The summed E-state index contributed by atoms with van der Waals surface area (Å²) in [5.41, 5.74) is 4.46. The van der Waals surface area contributed by atoms with Gasteiger partial charge in [0.15, 0.2) is 0 Å². The number of carbonyl (C=O) groups excluding carboxylic acids is 2. The van der Waals surface area contributed by atoms with Crippen LogP contribution in [-0.4, -0.2) is 34.0 Å². The van der Waals surface area contributed by atoms with E-state index in [2.05, 4.69) is 42.5 Å². The lowest BCUT2D eigenvalue weighted by molar-refractivity contribution is -0.117. The molecule has 0 bridgehead atoms. The average Bonchev–Trinajstić information content (AvgIpc) is 3.76. The first kappa shape index (κ1) is 42.1. The molecule has 0 fully saturated rings. The molecule has 15 heteroatoms. The number of halogens is 5. The fraction of sp³-hybridized carbons (Fsp3) is 0.100. The lowest BCUT2D eigenvalue weighted by Crippen LogP contribution is -2.14. The summed E-state index contributed by atoms with van der Waals surface area (Å²) in [6.07, 6.45) is 1.19. The van der Waals surface area contributed by atoms with E-state index in [1.165, 1.54) is 22.7 Å². The third-order valence-corrected chi connectivity index (χ3v) is 12.0. The van der Waals surface area contributed by atoms with Crippen LogP contribution in [0, 0.1) is 0 Å². The molecule has 6 rings (SSSR count). The molecule has 2 heterocycles. The van der Waals surface area contributed by atoms with Crippen LogP contribution < -0.4 is 10.6 Å². The number of hydrogen-bond donors (Lipinski definition) is 4. The highest BCUT2D eigenvalue weighted by Crippen LogP contribution is 2.38. The first-order valence-electron chi connectivity index (χ1n) is 16.3. The zero-order chi connectivity index (χ0) is 39.6. The van der Waals surface area contributed by atoms with E-state index in [1.54, 1.807) is 35.0 Å². The topological polar surface area (TPSA) is 133 Å². The summed E-state index contributed by atoms with van der Waals surface area (Å²) in [4.78, 5) is 48.3. The maximum absolute atomic E-state index is 12.4. The molecule has 4 N–H and O–H groups in total. The van der Waals surface area contributed by atoms with Gasteiger partial charge in [0.25, 0.3) is 0 Å². The summed E-state index contributed by atoms with van der Waals surface area (Å²) in [6.45, 7) is 0. The predicted molar refractivity (Wildman–Crippen MR) is 231 cm³/mol. The number of benzene rings is 4. The van der Waals surface area contributed by atoms with E-state index in [-0.39, 0.29) is 35.8 Å². The highest BCUT2D eigenvalue weighted by molar-refractivity contribution is 9.10. The zero-order valence-corrected chi connectivity index (χ0v) is 35.4. The van der Waals surface area contributed by atoms with Crippen molar-refractivity contribution in [2.24, 2.45) is 0 Å². The number of carbonyl (C=O) groups is 4. The zero-order valence-electron chi connectivity index (χ0n) is 28.4. The van der Waals surface area contributed by atoms with E-state index in [9.17, 15) is 29.4 Å². The molecule has 0 spiro atoms. The van der Waals surface area contributed by atoms with E-state index >= 15 is 0 Å². The minimum atomic E-state index is -1.09. The van der Waals surface area contributed by atoms with Crippen LogP contribution in [0.2, 0.25) is 15.1 Å². The fourth-order valence-corrected chi connectivity index (χ4v) is 8.65. The number of thiophene rings is 2. The van der Waals surface area contributed by atoms with Gasteiger partial charge in [-0.25, -0.2) is 9.59 Å². The summed E-state index contributed by atoms with van der Waals surface area (Å²) in [6, 6.07) is 27.2. The quantitative estimate of drug-likeness (QED) is 0.0965. The lowest BCUT2D eigenvalue weighted by atomic mass is 10.0. The molecular formula is C40H29Br2Cl3N2O6S2. The molecule has 55 heavy (non-hydrogen) atoms. The van der Waals surface area contributed by atoms with Crippen molar-refractivity contribution in [3.63, 3.8) is 0 Å². The van der Waals surface area contributed by atoms with Gasteiger partial charge in [-0.1, -0.05) is 115 Å². The van der Waals surface area contributed by atoms with Gasteiger partial charge >= 0.3 is 11.9 Å².